The summed E-state index contributed by atoms with van der Waals surface area (Å²) in [5.41, 5.74) is 3.62. The average Bonchev–Trinajstić information content (AvgIpc) is 3.63. The molecule has 0 aliphatic rings. The highest BCUT2D eigenvalue weighted by Crippen LogP contribution is 2.28. The first-order valence-electron chi connectivity index (χ1n) is 12.4. The highest BCUT2D eigenvalue weighted by molar-refractivity contribution is 5.34. The molecule has 0 spiro atoms. The van der Waals surface area contributed by atoms with Crippen molar-refractivity contribution in [2.45, 2.75) is 32.0 Å². The lowest BCUT2D eigenvalue weighted by Crippen LogP contribution is -2.27. The average molecular weight is 488 g/mol. The van der Waals surface area contributed by atoms with Crippen molar-refractivity contribution in [2.24, 2.45) is 0 Å². The van der Waals surface area contributed by atoms with Gasteiger partial charge in [0.1, 0.15) is 24.3 Å². The SMILES string of the molecule is C(#Cc1ccccc1)Cn1cnnc1CN(CCC(c1ccccc1)c1ccccc1)Cc1nnc[nH]1. The summed E-state index contributed by atoms with van der Waals surface area (Å²) >= 11 is 0. The van der Waals surface area contributed by atoms with Crippen LogP contribution in [0.4, 0.5) is 0 Å². The van der Waals surface area contributed by atoms with Crippen molar-refractivity contribution in [3.8, 4) is 11.8 Å². The van der Waals surface area contributed by atoms with Gasteiger partial charge in [-0.1, -0.05) is 90.7 Å². The number of benzene rings is 3. The summed E-state index contributed by atoms with van der Waals surface area (Å²) < 4.78 is 2.01. The second-order valence-electron chi connectivity index (χ2n) is 8.85. The van der Waals surface area contributed by atoms with Crippen LogP contribution in [0.15, 0.2) is 104 Å². The molecule has 1 N–H and O–H groups in total. The molecule has 0 amide bonds. The summed E-state index contributed by atoms with van der Waals surface area (Å²) in [5, 5.41) is 16.8. The molecular formula is C30H29N7. The van der Waals surface area contributed by atoms with Crippen LogP contribution in [0, 0.1) is 11.8 Å². The van der Waals surface area contributed by atoms with E-state index in [1.807, 2.05) is 34.9 Å². The lowest BCUT2D eigenvalue weighted by Gasteiger charge is -2.25. The van der Waals surface area contributed by atoms with Gasteiger partial charge in [0.2, 0.25) is 0 Å². The van der Waals surface area contributed by atoms with Gasteiger partial charge >= 0.3 is 0 Å². The molecule has 5 rings (SSSR count). The topological polar surface area (TPSA) is 75.5 Å². The largest absolute Gasteiger partial charge is 0.330 e. The van der Waals surface area contributed by atoms with Crippen LogP contribution in [0.1, 0.15) is 40.7 Å². The van der Waals surface area contributed by atoms with E-state index in [1.54, 1.807) is 12.7 Å². The highest BCUT2D eigenvalue weighted by Gasteiger charge is 2.18. The first-order valence-corrected chi connectivity index (χ1v) is 12.4. The van der Waals surface area contributed by atoms with Gasteiger partial charge in [-0.3, -0.25) is 4.90 Å². The van der Waals surface area contributed by atoms with Crippen molar-refractivity contribution in [3.63, 3.8) is 0 Å². The number of H-pyrrole nitrogens is 1. The minimum Gasteiger partial charge on any atom is -0.330 e. The second kappa shape index (κ2) is 12.4. The zero-order chi connectivity index (χ0) is 25.1. The van der Waals surface area contributed by atoms with Crippen LogP contribution in [-0.4, -0.2) is 41.4 Å². The normalized spacial score (nSPS) is 11.0. The number of nitrogens with zero attached hydrogens (tertiary/aromatic N) is 6. The van der Waals surface area contributed by atoms with Gasteiger partial charge in [0.05, 0.1) is 19.6 Å². The lowest BCUT2D eigenvalue weighted by atomic mass is 9.88. The fourth-order valence-electron chi connectivity index (χ4n) is 4.42. The Morgan fingerprint density at radius 1 is 0.784 bits per heavy atom. The second-order valence-corrected chi connectivity index (χ2v) is 8.85. The van der Waals surface area contributed by atoms with Gasteiger partial charge in [0, 0.05) is 18.0 Å². The smallest absolute Gasteiger partial charge is 0.147 e. The number of aromatic amines is 1. The van der Waals surface area contributed by atoms with Crippen molar-refractivity contribution < 1.29 is 0 Å². The van der Waals surface area contributed by atoms with Gasteiger partial charge < -0.3 is 9.55 Å². The summed E-state index contributed by atoms with van der Waals surface area (Å²) in [6.45, 7) is 2.64. The fourth-order valence-corrected chi connectivity index (χ4v) is 4.42. The Balaban J connectivity index is 1.32. The third-order valence-corrected chi connectivity index (χ3v) is 6.30. The zero-order valence-electron chi connectivity index (χ0n) is 20.6. The Kier molecular flexibility index (Phi) is 8.12. The molecule has 7 nitrogen and oxygen atoms in total. The molecule has 184 valence electrons. The van der Waals surface area contributed by atoms with E-state index in [4.69, 9.17) is 0 Å². The summed E-state index contributed by atoms with van der Waals surface area (Å²) in [5.74, 6) is 8.44. The maximum absolute atomic E-state index is 4.41. The van der Waals surface area contributed by atoms with Crippen molar-refractivity contribution >= 4 is 0 Å². The van der Waals surface area contributed by atoms with E-state index in [0.717, 1.165) is 30.2 Å². The minimum atomic E-state index is 0.286. The summed E-state index contributed by atoms with van der Waals surface area (Å²) in [7, 11) is 0. The maximum atomic E-state index is 4.41. The van der Waals surface area contributed by atoms with Crippen LogP contribution >= 0.6 is 0 Å². The molecule has 0 radical (unpaired) electrons. The van der Waals surface area contributed by atoms with Gasteiger partial charge in [-0.25, -0.2) is 0 Å². The van der Waals surface area contributed by atoms with Crippen molar-refractivity contribution in [1.29, 1.82) is 0 Å². The Labute approximate surface area is 217 Å². The highest BCUT2D eigenvalue weighted by atomic mass is 15.3. The molecule has 7 heteroatoms. The summed E-state index contributed by atoms with van der Waals surface area (Å²) in [6.07, 6.45) is 4.31. The fraction of sp³-hybridized carbons (Fsp3) is 0.200. The molecule has 5 aromatic rings. The van der Waals surface area contributed by atoms with Crippen LogP contribution < -0.4 is 0 Å². The van der Waals surface area contributed by atoms with Gasteiger partial charge in [-0.15, -0.1) is 20.4 Å². The van der Waals surface area contributed by atoms with Crippen molar-refractivity contribution in [3.05, 3.63) is 132 Å². The zero-order valence-corrected chi connectivity index (χ0v) is 20.6. The van der Waals surface area contributed by atoms with Crippen molar-refractivity contribution in [2.75, 3.05) is 6.54 Å². The third-order valence-electron chi connectivity index (χ3n) is 6.30. The molecule has 0 saturated heterocycles. The van der Waals surface area contributed by atoms with E-state index in [9.17, 15) is 0 Å². The molecule has 0 saturated carbocycles. The third kappa shape index (κ3) is 6.78. The predicted molar refractivity (Wildman–Crippen MR) is 143 cm³/mol. The van der Waals surface area contributed by atoms with Gasteiger partial charge in [0.15, 0.2) is 0 Å². The maximum Gasteiger partial charge on any atom is 0.147 e. The summed E-state index contributed by atoms with van der Waals surface area (Å²) in [4.78, 5) is 5.47. The molecule has 0 aliphatic heterocycles. The molecule has 0 atom stereocenters. The van der Waals surface area contributed by atoms with Crippen LogP contribution in [0.5, 0.6) is 0 Å². The molecule has 3 aromatic carbocycles. The van der Waals surface area contributed by atoms with Crippen LogP contribution in [-0.2, 0) is 19.6 Å². The van der Waals surface area contributed by atoms with Crippen LogP contribution in [0.25, 0.3) is 0 Å². The van der Waals surface area contributed by atoms with Crippen molar-refractivity contribution in [1.82, 2.24) is 34.8 Å². The Hall–Kier alpha value is -4.54. The van der Waals surface area contributed by atoms with E-state index in [0.29, 0.717) is 19.6 Å². The first kappa shape index (κ1) is 24.2. The molecule has 37 heavy (non-hydrogen) atoms. The quantitative estimate of drug-likeness (QED) is 0.290. The van der Waals surface area contributed by atoms with E-state index in [2.05, 4.69) is 103 Å². The van der Waals surface area contributed by atoms with E-state index >= 15 is 0 Å². The number of hydrogen-bond donors (Lipinski definition) is 1. The molecule has 0 unspecified atom stereocenters. The van der Waals surface area contributed by atoms with E-state index < -0.39 is 0 Å². The molecule has 2 heterocycles. The van der Waals surface area contributed by atoms with E-state index in [1.165, 1.54) is 11.1 Å². The minimum absolute atomic E-state index is 0.286. The summed E-state index contributed by atoms with van der Waals surface area (Å²) in [6, 6.07) is 31.4. The number of nitrogens with one attached hydrogen (secondary N) is 1. The van der Waals surface area contributed by atoms with Crippen LogP contribution in [0.2, 0.25) is 0 Å². The molecule has 2 aromatic heterocycles. The molecule has 0 bridgehead atoms. The monoisotopic (exact) mass is 487 g/mol. The molecule has 0 fully saturated rings. The number of hydrogen-bond acceptors (Lipinski definition) is 5. The van der Waals surface area contributed by atoms with E-state index in [-0.39, 0.29) is 5.92 Å². The molecule has 0 aliphatic carbocycles. The first-order chi connectivity index (χ1) is 18.3. The van der Waals surface area contributed by atoms with Gasteiger partial charge in [-0.05, 0) is 29.7 Å². The Morgan fingerprint density at radius 2 is 1.46 bits per heavy atom. The number of rotatable bonds is 10. The Morgan fingerprint density at radius 3 is 2.11 bits per heavy atom. The van der Waals surface area contributed by atoms with Gasteiger partial charge in [-0.2, -0.15) is 0 Å². The standard InChI is InChI=1S/C30H29N7/c1-4-11-25(12-5-1)13-10-19-37-24-33-35-30(37)22-36(21-29-31-23-32-34-29)20-18-28(26-14-6-2-7-15-26)27-16-8-3-9-17-27/h1-9,11-12,14-17,23-24,28H,18-22H2,(H,31,32,34). The van der Waals surface area contributed by atoms with Gasteiger partial charge in [0.25, 0.3) is 0 Å². The number of aromatic nitrogens is 6. The lowest BCUT2D eigenvalue weighted by molar-refractivity contribution is 0.234. The molecular weight excluding hydrogens is 458 g/mol. The Bertz CT molecular complexity index is 1360. The van der Waals surface area contributed by atoms with Crippen LogP contribution in [0.3, 0.4) is 0 Å². The predicted octanol–water partition coefficient (Wildman–Crippen LogP) is 4.67.